The van der Waals surface area contributed by atoms with Gasteiger partial charge in [0.1, 0.15) is 0 Å². The van der Waals surface area contributed by atoms with Crippen molar-refractivity contribution in [3.05, 3.63) is 42.5 Å². The van der Waals surface area contributed by atoms with E-state index in [0.717, 1.165) is 25.7 Å². The van der Waals surface area contributed by atoms with Gasteiger partial charge in [-0.25, -0.2) is 18.2 Å². The first-order chi connectivity index (χ1) is 13.4. The molecule has 0 aromatic heterocycles. The van der Waals surface area contributed by atoms with E-state index in [1.807, 2.05) is 6.07 Å². The van der Waals surface area contributed by atoms with E-state index in [9.17, 15) is 13.2 Å². The first-order valence-corrected chi connectivity index (χ1v) is 11.5. The van der Waals surface area contributed by atoms with Gasteiger partial charge >= 0.3 is 0 Å². The molecule has 2 fully saturated rings. The normalized spacial score (nSPS) is 26.8. The molecule has 4 unspecified atom stereocenters. The van der Waals surface area contributed by atoms with Gasteiger partial charge in [0.25, 0.3) is 0 Å². The molecule has 1 aromatic carbocycles. The molecule has 6 nitrogen and oxygen atoms in total. The number of nitrogens with one attached hydrogen (secondary N) is 1. The Kier molecular flexibility index (Phi) is 6.91. The number of hydroxylamine groups is 2. The number of allylic oxidation sites excluding steroid dienone is 2. The fraction of sp³-hybridized carbons (Fsp3) is 0.571. The van der Waals surface area contributed by atoms with Crippen LogP contribution in [0.3, 0.4) is 0 Å². The van der Waals surface area contributed by atoms with Gasteiger partial charge in [-0.15, -0.1) is 0 Å². The summed E-state index contributed by atoms with van der Waals surface area (Å²) in [7, 11) is -2.16. The van der Waals surface area contributed by atoms with Gasteiger partial charge in [0.15, 0.2) is 0 Å². The van der Waals surface area contributed by atoms with Gasteiger partial charge in [-0.05, 0) is 68.4 Å². The van der Waals surface area contributed by atoms with Crippen molar-refractivity contribution < 1.29 is 18.4 Å². The lowest BCUT2D eigenvalue weighted by molar-refractivity contribution is -0.159. The van der Waals surface area contributed by atoms with Crippen LogP contribution in [-0.2, 0) is 14.8 Å². The summed E-state index contributed by atoms with van der Waals surface area (Å²) in [5.74, 6) is 1.07. The summed E-state index contributed by atoms with van der Waals surface area (Å²) in [6, 6.07) is 8.57. The van der Waals surface area contributed by atoms with Crippen LogP contribution >= 0.6 is 0 Å². The summed E-state index contributed by atoms with van der Waals surface area (Å²) in [5, 5.41) is 9.67. The van der Waals surface area contributed by atoms with Crippen LogP contribution in [0.25, 0.3) is 0 Å². The highest BCUT2D eigenvalue weighted by Gasteiger charge is 2.48. The summed E-state index contributed by atoms with van der Waals surface area (Å²) in [6.45, 7) is 0. The molecule has 0 saturated heterocycles. The van der Waals surface area contributed by atoms with Crippen LogP contribution in [0.1, 0.15) is 44.9 Å². The van der Waals surface area contributed by atoms with Crippen molar-refractivity contribution in [3.8, 4) is 0 Å². The van der Waals surface area contributed by atoms with Crippen molar-refractivity contribution in [2.75, 3.05) is 7.05 Å². The largest absolute Gasteiger partial charge is 0.286 e. The Morgan fingerprint density at radius 1 is 1.21 bits per heavy atom. The average molecular weight is 407 g/mol. The third-order valence-electron chi connectivity index (χ3n) is 6.13. The standard InChI is InChI=1S/C21H30N2O4S/c1-23(25)20(24)12-8-3-2-7-11-19-16-13-14-17(15-16)21(19)22-28(26,27)18-9-5-4-6-10-18/h2,4-7,9-10,16-17,19,21-22,25H,3,8,11-15H2,1H3. The van der Waals surface area contributed by atoms with Gasteiger partial charge < -0.3 is 0 Å². The predicted octanol–water partition coefficient (Wildman–Crippen LogP) is 3.34. The Bertz CT molecular complexity index is 792. The molecule has 2 saturated carbocycles. The highest BCUT2D eigenvalue weighted by molar-refractivity contribution is 7.89. The molecular weight excluding hydrogens is 376 g/mol. The number of amides is 1. The molecule has 4 atom stereocenters. The molecule has 154 valence electrons. The number of benzene rings is 1. The summed E-state index contributed by atoms with van der Waals surface area (Å²) in [6.07, 6.45) is 10.2. The van der Waals surface area contributed by atoms with E-state index < -0.39 is 10.0 Å². The Labute approximate surface area is 167 Å². The number of nitrogens with zero attached hydrogens (tertiary/aromatic N) is 1. The first kappa shape index (κ1) is 21.0. The van der Waals surface area contributed by atoms with E-state index in [4.69, 9.17) is 5.21 Å². The number of carbonyl (C=O) groups is 1. The molecule has 2 aliphatic carbocycles. The molecule has 7 heteroatoms. The smallest absolute Gasteiger partial charge is 0.245 e. The van der Waals surface area contributed by atoms with Gasteiger partial charge in [-0.2, -0.15) is 0 Å². The van der Waals surface area contributed by atoms with Gasteiger partial charge in [0.05, 0.1) is 4.90 Å². The second-order valence-corrected chi connectivity index (χ2v) is 9.69. The third-order valence-corrected chi connectivity index (χ3v) is 7.61. The Hall–Kier alpha value is -1.70. The summed E-state index contributed by atoms with van der Waals surface area (Å²) >= 11 is 0. The van der Waals surface area contributed by atoms with Crippen LogP contribution in [0.2, 0.25) is 0 Å². The number of carbonyl (C=O) groups excluding carboxylic acids is 1. The van der Waals surface area contributed by atoms with E-state index in [1.54, 1.807) is 24.3 Å². The molecular formula is C21H30N2O4S. The molecule has 2 N–H and O–H groups in total. The Morgan fingerprint density at radius 2 is 1.93 bits per heavy atom. The minimum atomic E-state index is -3.50. The Balaban J connectivity index is 1.55. The maximum absolute atomic E-state index is 12.8. The molecule has 1 aromatic rings. The molecule has 0 aliphatic heterocycles. The highest BCUT2D eigenvalue weighted by atomic mass is 32.2. The fourth-order valence-corrected chi connectivity index (χ4v) is 6.06. The van der Waals surface area contributed by atoms with Crippen LogP contribution < -0.4 is 4.72 Å². The number of fused-ring (bicyclic) bond motifs is 2. The van der Waals surface area contributed by atoms with Crippen LogP contribution in [-0.4, -0.2) is 37.7 Å². The SMILES string of the molecule is CN(O)C(=O)CCCC=CCC1C2CCC(C2)C1NS(=O)(=O)c1ccccc1. The van der Waals surface area contributed by atoms with Crippen LogP contribution in [0.15, 0.2) is 47.4 Å². The number of hydrogen-bond acceptors (Lipinski definition) is 4. The fourth-order valence-electron chi connectivity index (χ4n) is 4.68. The summed E-state index contributed by atoms with van der Waals surface area (Å²) < 4.78 is 28.5. The van der Waals surface area contributed by atoms with Crippen molar-refractivity contribution in [1.82, 2.24) is 9.79 Å². The van der Waals surface area contributed by atoms with Gasteiger partial charge in [-0.1, -0.05) is 30.4 Å². The van der Waals surface area contributed by atoms with E-state index in [2.05, 4.69) is 16.9 Å². The molecule has 0 radical (unpaired) electrons. The molecule has 2 aliphatic rings. The molecule has 2 bridgehead atoms. The monoisotopic (exact) mass is 406 g/mol. The quantitative estimate of drug-likeness (QED) is 0.285. The van der Waals surface area contributed by atoms with Gasteiger partial charge in [-0.3, -0.25) is 10.0 Å². The van der Waals surface area contributed by atoms with E-state index in [0.29, 0.717) is 40.6 Å². The van der Waals surface area contributed by atoms with Crippen molar-refractivity contribution in [2.45, 2.75) is 55.9 Å². The van der Waals surface area contributed by atoms with Crippen molar-refractivity contribution in [1.29, 1.82) is 0 Å². The lowest BCUT2D eigenvalue weighted by Crippen LogP contribution is -2.43. The summed E-state index contributed by atoms with van der Waals surface area (Å²) in [5.41, 5.74) is 0. The van der Waals surface area contributed by atoms with Gasteiger partial charge in [0.2, 0.25) is 15.9 Å². The predicted molar refractivity (Wildman–Crippen MR) is 107 cm³/mol. The lowest BCUT2D eigenvalue weighted by Gasteiger charge is -2.31. The second kappa shape index (κ2) is 9.20. The second-order valence-electron chi connectivity index (χ2n) is 7.97. The van der Waals surface area contributed by atoms with Crippen molar-refractivity contribution >= 4 is 15.9 Å². The molecule has 3 rings (SSSR count). The third kappa shape index (κ3) is 5.01. The van der Waals surface area contributed by atoms with Crippen molar-refractivity contribution in [2.24, 2.45) is 17.8 Å². The lowest BCUT2D eigenvalue weighted by atomic mass is 9.83. The van der Waals surface area contributed by atoms with Crippen LogP contribution in [0.5, 0.6) is 0 Å². The molecule has 0 spiro atoms. The van der Waals surface area contributed by atoms with Gasteiger partial charge in [0, 0.05) is 19.5 Å². The highest BCUT2D eigenvalue weighted by Crippen LogP contribution is 2.50. The van der Waals surface area contributed by atoms with E-state index >= 15 is 0 Å². The minimum absolute atomic E-state index is 0.00165. The first-order valence-electron chi connectivity index (χ1n) is 10.1. The summed E-state index contributed by atoms with van der Waals surface area (Å²) in [4.78, 5) is 11.7. The zero-order valence-electron chi connectivity index (χ0n) is 16.3. The molecule has 0 heterocycles. The number of hydrogen-bond donors (Lipinski definition) is 2. The van der Waals surface area contributed by atoms with Crippen LogP contribution in [0, 0.1) is 17.8 Å². The Morgan fingerprint density at radius 3 is 2.64 bits per heavy atom. The average Bonchev–Trinajstić information content (AvgIpc) is 3.27. The van der Waals surface area contributed by atoms with Crippen molar-refractivity contribution in [3.63, 3.8) is 0 Å². The molecule has 28 heavy (non-hydrogen) atoms. The zero-order chi connectivity index (χ0) is 20.1. The van der Waals surface area contributed by atoms with E-state index in [1.165, 1.54) is 13.5 Å². The number of sulfonamides is 1. The minimum Gasteiger partial charge on any atom is -0.286 e. The maximum atomic E-state index is 12.8. The van der Waals surface area contributed by atoms with Crippen LogP contribution in [0.4, 0.5) is 0 Å². The maximum Gasteiger partial charge on any atom is 0.245 e. The zero-order valence-corrected chi connectivity index (χ0v) is 17.1. The number of unbranched alkanes of at least 4 members (excludes halogenated alkanes) is 1. The number of rotatable bonds is 9. The molecule has 1 amide bonds. The van der Waals surface area contributed by atoms with E-state index in [-0.39, 0.29) is 11.9 Å². The topological polar surface area (TPSA) is 86.7 Å².